The van der Waals surface area contributed by atoms with E-state index in [-0.39, 0.29) is 35.0 Å². The molecule has 0 aromatic heterocycles. The third-order valence-corrected chi connectivity index (χ3v) is 7.58. The highest BCUT2D eigenvalue weighted by Gasteiger charge is 2.45. The van der Waals surface area contributed by atoms with Gasteiger partial charge in [0.15, 0.2) is 11.6 Å². The molecule has 0 spiro atoms. The fraction of sp³-hybridized carbons (Fsp3) is 0.269. The number of carbonyl (C=O) groups excluding carboxylic acids is 1. The van der Waals surface area contributed by atoms with Crippen molar-refractivity contribution in [3.8, 4) is 6.13 Å². The normalized spacial score (nSPS) is 20.5. The van der Waals surface area contributed by atoms with Crippen LogP contribution in [0.5, 0.6) is 0 Å². The van der Waals surface area contributed by atoms with E-state index in [2.05, 4.69) is 36.9 Å². The van der Waals surface area contributed by atoms with Gasteiger partial charge in [-0.25, -0.2) is 4.99 Å². The third-order valence-electron chi connectivity index (χ3n) is 5.78. The highest BCUT2D eigenvalue weighted by Crippen LogP contribution is 2.49. The molecule has 2 unspecified atom stereocenters. The number of aliphatic hydroxyl groups is 1. The third kappa shape index (κ3) is 4.68. The maximum absolute atomic E-state index is 12.5. The number of carbonyl (C=O) groups is 1. The highest BCUT2D eigenvalue weighted by atomic mass is 31.1. The van der Waals surface area contributed by atoms with E-state index in [0.29, 0.717) is 17.9 Å². The van der Waals surface area contributed by atoms with E-state index in [0.717, 1.165) is 5.56 Å². The molecular weight excluding hydrogens is 431 g/mol. The molecule has 0 saturated carbocycles. The van der Waals surface area contributed by atoms with Crippen LogP contribution in [0.25, 0.3) is 0 Å². The number of amides is 1. The number of fused-ring (bicyclic) bond motifs is 1. The first kappa shape index (κ1) is 24.2. The molecule has 0 aliphatic carbocycles. The number of rotatable bonds is 5. The van der Waals surface area contributed by atoms with Crippen molar-refractivity contribution in [1.82, 2.24) is 9.80 Å². The van der Waals surface area contributed by atoms with Crippen molar-refractivity contribution in [2.45, 2.75) is 38.5 Å². The number of aliphatic imine (C=N–C) groups is 1. The molecule has 6 nitrogen and oxygen atoms in total. The lowest BCUT2D eigenvalue weighted by molar-refractivity contribution is -0.112. The second-order valence-corrected chi connectivity index (χ2v) is 9.99. The van der Waals surface area contributed by atoms with E-state index >= 15 is 0 Å². The maximum Gasteiger partial charge on any atom is 0.284 e. The summed E-state index contributed by atoms with van der Waals surface area (Å²) in [5.41, 5.74) is 7.67. The Hall–Kier alpha value is -3.46. The summed E-state index contributed by atoms with van der Waals surface area (Å²) >= 11 is 0. The van der Waals surface area contributed by atoms with Crippen LogP contribution >= 0.6 is 7.38 Å². The summed E-state index contributed by atoms with van der Waals surface area (Å²) in [7, 11) is -1.17. The van der Waals surface area contributed by atoms with Crippen LogP contribution in [0.15, 0.2) is 95.4 Å². The van der Waals surface area contributed by atoms with Crippen molar-refractivity contribution in [3.05, 3.63) is 95.9 Å². The standard InChI is InChI=1S/C26H31N4O2P/c1-7-8-12-15-33(6)24(20-13-10-9-11-14-20)21-16-29(17(2)3)19(5)22-23(31)18(4)28-26(25(27)32)30(21)22/h6-15,17,21,24,31H,4-5,16H2,1-3H3,(H2,27,32)/b8-7-,15-12-/t21-,24?/m1/s1. The van der Waals surface area contributed by atoms with Gasteiger partial charge in [-0.15, -0.1) is 6.13 Å². The topological polar surface area (TPSA) is 82.2 Å². The quantitative estimate of drug-likeness (QED) is 0.478. The largest absolute Gasteiger partial charge is 0.504 e. The zero-order valence-electron chi connectivity index (χ0n) is 19.3. The Balaban J connectivity index is 2.25. The molecule has 1 saturated heterocycles. The lowest BCUT2D eigenvalue weighted by atomic mass is 9.95. The number of primary amides is 1. The first-order valence-electron chi connectivity index (χ1n) is 10.8. The number of aliphatic hydroxyl groups excluding tert-OH is 1. The van der Waals surface area contributed by atoms with Crippen LogP contribution in [0, 0.1) is 6.13 Å². The van der Waals surface area contributed by atoms with Crippen LogP contribution in [-0.4, -0.2) is 45.3 Å². The van der Waals surface area contributed by atoms with E-state index in [4.69, 9.17) is 11.9 Å². The molecule has 0 radical (unpaired) electrons. The van der Waals surface area contributed by atoms with Gasteiger partial charge in [0.05, 0.1) is 17.4 Å². The van der Waals surface area contributed by atoms with Crippen LogP contribution < -0.4 is 5.73 Å². The first-order chi connectivity index (χ1) is 15.7. The molecule has 0 bridgehead atoms. The number of allylic oxidation sites excluding steroid dienone is 3. The summed E-state index contributed by atoms with van der Waals surface area (Å²) in [5, 5.41) is 11.0. The zero-order valence-corrected chi connectivity index (χ0v) is 20.2. The van der Waals surface area contributed by atoms with Crippen molar-refractivity contribution in [2.24, 2.45) is 10.7 Å². The van der Waals surface area contributed by atoms with Crippen LogP contribution in [0.2, 0.25) is 0 Å². The van der Waals surface area contributed by atoms with E-state index in [1.54, 1.807) is 4.90 Å². The summed E-state index contributed by atoms with van der Waals surface area (Å²) in [5.74, 6) is 1.22. The summed E-state index contributed by atoms with van der Waals surface area (Å²) < 4.78 is 0. The molecule has 1 amide bonds. The van der Waals surface area contributed by atoms with Gasteiger partial charge in [-0.1, -0.05) is 69.1 Å². The maximum atomic E-state index is 12.5. The predicted octanol–water partition coefficient (Wildman–Crippen LogP) is 4.98. The fourth-order valence-electron chi connectivity index (χ4n) is 4.25. The second kappa shape index (κ2) is 9.99. The number of benzene rings is 1. The van der Waals surface area contributed by atoms with E-state index < -0.39 is 13.3 Å². The van der Waals surface area contributed by atoms with Gasteiger partial charge in [-0.05, 0) is 32.2 Å². The monoisotopic (exact) mass is 462 g/mol. The van der Waals surface area contributed by atoms with Crippen LogP contribution in [-0.2, 0) is 4.79 Å². The lowest BCUT2D eigenvalue weighted by Crippen LogP contribution is -2.59. The molecule has 2 aliphatic rings. The van der Waals surface area contributed by atoms with Gasteiger partial charge in [0.1, 0.15) is 11.4 Å². The van der Waals surface area contributed by atoms with Gasteiger partial charge in [0.2, 0.25) is 0 Å². The fourth-order valence-corrected chi connectivity index (χ4v) is 5.88. The Bertz CT molecular complexity index is 1150. The molecule has 33 heavy (non-hydrogen) atoms. The van der Waals surface area contributed by atoms with Crippen LogP contribution in [0.1, 0.15) is 32.0 Å². The Labute approximate surface area is 196 Å². The molecule has 3 N–H and O–H groups in total. The zero-order chi connectivity index (χ0) is 24.3. The van der Waals surface area contributed by atoms with Crippen molar-refractivity contribution in [1.29, 1.82) is 0 Å². The average Bonchev–Trinajstić information content (AvgIpc) is 2.77. The minimum atomic E-state index is -1.17. The Morgan fingerprint density at radius 1 is 1.30 bits per heavy atom. The van der Waals surface area contributed by atoms with Crippen molar-refractivity contribution < 1.29 is 9.90 Å². The van der Waals surface area contributed by atoms with E-state index in [1.165, 1.54) is 0 Å². The Morgan fingerprint density at radius 2 is 1.97 bits per heavy atom. The van der Waals surface area contributed by atoms with Gasteiger partial charge in [0, 0.05) is 12.6 Å². The Morgan fingerprint density at radius 3 is 2.55 bits per heavy atom. The van der Waals surface area contributed by atoms with Crippen LogP contribution in [0.3, 0.4) is 0 Å². The summed E-state index contributed by atoms with van der Waals surface area (Å²) in [6, 6.07) is 9.74. The summed E-state index contributed by atoms with van der Waals surface area (Å²) in [4.78, 5) is 20.6. The smallest absolute Gasteiger partial charge is 0.284 e. The van der Waals surface area contributed by atoms with Gasteiger partial charge in [-0.2, -0.15) is 0 Å². The minimum absolute atomic E-state index is 0.0316. The number of hydrogen-bond acceptors (Lipinski definition) is 5. The first-order valence-corrected chi connectivity index (χ1v) is 12.4. The number of hydrogen-bond donors (Lipinski definition) is 2. The Kier molecular flexibility index (Phi) is 7.33. The van der Waals surface area contributed by atoms with Crippen molar-refractivity contribution in [3.63, 3.8) is 0 Å². The molecule has 1 aromatic rings. The highest BCUT2D eigenvalue weighted by molar-refractivity contribution is 7.50. The van der Waals surface area contributed by atoms with Crippen molar-refractivity contribution >= 4 is 19.1 Å². The molecule has 7 heteroatoms. The number of nitrogens with two attached hydrogens (primary N) is 1. The molecule has 2 aliphatic heterocycles. The van der Waals surface area contributed by atoms with Crippen molar-refractivity contribution in [2.75, 3.05) is 6.54 Å². The van der Waals surface area contributed by atoms with Gasteiger partial charge in [0.25, 0.3) is 5.91 Å². The van der Waals surface area contributed by atoms with E-state index in [1.807, 2.05) is 61.3 Å². The second-order valence-electron chi connectivity index (χ2n) is 8.24. The minimum Gasteiger partial charge on any atom is -0.504 e. The summed E-state index contributed by atoms with van der Waals surface area (Å²) in [6.07, 6.45) is 12.6. The molecular formula is C26H31N4O2P. The molecule has 172 valence electrons. The lowest BCUT2D eigenvalue weighted by Gasteiger charge is -2.50. The SMILES string of the molecule is C#P(/C=C\C=C/C)C(c1ccccc1)[C@H]1CN(C(C)C)C(=C)C2=C(O)C(=C)N=C(C(N)=O)N21. The predicted molar refractivity (Wildman–Crippen MR) is 137 cm³/mol. The molecule has 3 rings (SSSR count). The number of piperazine rings is 1. The number of nitrogens with zero attached hydrogens (tertiary/aromatic N) is 3. The molecule has 2 heterocycles. The molecule has 1 aromatic carbocycles. The average molecular weight is 463 g/mol. The van der Waals surface area contributed by atoms with Gasteiger partial charge in [-0.3, -0.25) is 4.79 Å². The molecule has 3 atom stereocenters. The van der Waals surface area contributed by atoms with E-state index in [9.17, 15) is 9.90 Å². The number of amidine groups is 1. The van der Waals surface area contributed by atoms with Gasteiger partial charge >= 0.3 is 0 Å². The summed E-state index contributed by atoms with van der Waals surface area (Å²) in [6.45, 7) is 14.6. The van der Waals surface area contributed by atoms with Gasteiger partial charge < -0.3 is 20.6 Å². The van der Waals surface area contributed by atoms with Crippen LogP contribution in [0.4, 0.5) is 0 Å². The molecule has 1 fully saturated rings.